The van der Waals surface area contributed by atoms with E-state index in [9.17, 15) is 5.11 Å². The molecule has 0 amide bonds. The molecule has 0 spiro atoms. The lowest BCUT2D eigenvalue weighted by molar-refractivity contribution is 0.177. The summed E-state index contributed by atoms with van der Waals surface area (Å²) in [5.41, 5.74) is 3.69. The fourth-order valence-corrected chi connectivity index (χ4v) is 1.94. The monoisotopic (exact) mass is 235 g/mol. The van der Waals surface area contributed by atoms with Crippen molar-refractivity contribution in [1.29, 1.82) is 0 Å². The molecule has 1 aromatic carbocycles. The zero-order chi connectivity index (χ0) is 11.7. The fraction of sp³-hybridized carbons (Fsp3) is 0.250. The lowest BCUT2D eigenvalue weighted by Crippen LogP contribution is -2.02. The molecule has 1 heterocycles. The molecular formula is C12H12ClN2O. The van der Waals surface area contributed by atoms with Crippen LogP contribution in [0.1, 0.15) is 16.7 Å². The van der Waals surface area contributed by atoms with Crippen LogP contribution in [0.5, 0.6) is 0 Å². The van der Waals surface area contributed by atoms with Crippen LogP contribution in [0.4, 0.5) is 0 Å². The van der Waals surface area contributed by atoms with Gasteiger partial charge in [-0.3, -0.25) is 0 Å². The van der Waals surface area contributed by atoms with Crippen molar-refractivity contribution >= 4 is 11.6 Å². The van der Waals surface area contributed by atoms with E-state index in [0.29, 0.717) is 5.02 Å². The number of aryl methyl sites for hydroxylation is 2. The molecule has 0 aliphatic heterocycles. The highest BCUT2D eigenvalue weighted by Crippen LogP contribution is 2.22. The maximum Gasteiger partial charge on any atom is 0.110 e. The summed E-state index contributed by atoms with van der Waals surface area (Å²) in [6.45, 7) is 3.68. The molecule has 83 valence electrons. The van der Waals surface area contributed by atoms with Crippen LogP contribution in [-0.4, -0.2) is 9.78 Å². The maximum atomic E-state index is 11.2. The first-order valence-corrected chi connectivity index (χ1v) is 5.38. The Labute approximate surface area is 99.3 Å². The Hall–Kier alpha value is -1.32. The number of nitrogens with zero attached hydrogens (tertiary/aromatic N) is 2. The van der Waals surface area contributed by atoms with Gasteiger partial charge in [0.15, 0.2) is 0 Å². The molecule has 0 fully saturated rings. The Bertz CT molecular complexity index is 520. The first-order valence-electron chi connectivity index (χ1n) is 5.00. The topological polar surface area (TPSA) is 37.7 Å². The molecular weight excluding hydrogens is 224 g/mol. The van der Waals surface area contributed by atoms with Crippen LogP contribution in [0, 0.1) is 13.8 Å². The molecule has 16 heavy (non-hydrogen) atoms. The van der Waals surface area contributed by atoms with E-state index in [1.54, 1.807) is 17.1 Å². The van der Waals surface area contributed by atoms with Gasteiger partial charge >= 0.3 is 0 Å². The van der Waals surface area contributed by atoms with E-state index in [0.717, 1.165) is 22.4 Å². The molecule has 0 N–H and O–H groups in total. The third-order valence-corrected chi connectivity index (χ3v) is 2.73. The standard InChI is InChI=1S/C12H12ClN2O/c1-8-3-9(2)11(7-16)12(4-8)15-6-10(13)5-14-15/h3-6H,7H2,1-2H3. The summed E-state index contributed by atoms with van der Waals surface area (Å²) in [5.74, 6) is 0. The van der Waals surface area contributed by atoms with E-state index in [2.05, 4.69) is 5.10 Å². The van der Waals surface area contributed by atoms with E-state index in [-0.39, 0.29) is 6.61 Å². The first kappa shape index (κ1) is 11.2. The normalized spacial score (nSPS) is 10.8. The fourth-order valence-electron chi connectivity index (χ4n) is 1.80. The average Bonchev–Trinajstić information content (AvgIpc) is 2.63. The Morgan fingerprint density at radius 2 is 2.12 bits per heavy atom. The molecule has 0 aliphatic carbocycles. The number of benzene rings is 1. The summed E-state index contributed by atoms with van der Waals surface area (Å²) < 4.78 is 1.65. The van der Waals surface area contributed by atoms with Crippen molar-refractivity contribution in [2.45, 2.75) is 20.5 Å². The first-order chi connectivity index (χ1) is 7.61. The van der Waals surface area contributed by atoms with Crippen LogP contribution in [-0.2, 0) is 11.7 Å². The molecule has 0 saturated carbocycles. The van der Waals surface area contributed by atoms with Crippen LogP contribution >= 0.6 is 11.6 Å². The molecule has 0 bridgehead atoms. The van der Waals surface area contributed by atoms with Gasteiger partial charge in [-0.2, -0.15) is 5.10 Å². The number of hydrogen-bond donors (Lipinski definition) is 0. The van der Waals surface area contributed by atoms with Crippen molar-refractivity contribution in [3.05, 3.63) is 46.2 Å². The number of aromatic nitrogens is 2. The summed E-state index contributed by atoms with van der Waals surface area (Å²) in [6.07, 6.45) is 3.27. The predicted molar refractivity (Wildman–Crippen MR) is 62.4 cm³/mol. The molecule has 0 saturated heterocycles. The summed E-state index contributed by atoms with van der Waals surface area (Å²) in [6, 6.07) is 3.95. The van der Waals surface area contributed by atoms with Crippen LogP contribution in [0.3, 0.4) is 0 Å². The minimum absolute atomic E-state index is 0.251. The average molecular weight is 236 g/mol. The molecule has 3 nitrogen and oxygen atoms in total. The lowest BCUT2D eigenvalue weighted by atomic mass is 10.0. The van der Waals surface area contributed by atoms with Gasteiger partial charge in [0.25, 0.3) is 0 Å². The van der Waals surface area contributed by atoms with Crippen LogP contribution in [0.25, 0.3) is 5.69 Å². The van der Waals surface area contributed by atoms with E-state index in [1.807, 2.05) is 26.0 Å². The van der Waals surface area contributed by atoms with Crippen molar-refractivity contribution in [1.82, 2.24) is 9.78 Å². The van der Waals surface area contributed by atoms with Gasteiger partial charge < -0.3 is 0 Å². The van der Waals surface area contributed by atoms with Crippen LogP contribution in [0.2, 0.25) is 5.02 Å². The summed E-state index contributed by atoms with van der Waals surface area (Å²) in [7, 11) is 0. The number of rotatable bonds is 2. The van der Waals surface area contributed by atoms with Gasteiger partial charge in [0.2, 0.25) is 0 Å². The minimum atomic E-state index is -0.251. The SMILES string of the molecule is Cc1cc(C)c(C[O])c(-n2cc(Cl)cn2)c1. The second kappa shape index (κ2) is 4.28. The number of hydrogen-bond acceptors (Lipinski definition) is 1. The number of halogens is 1. The molecule has 1 aromatic heterocycles. The minimum Gasteiger partial charge on any atom is -0.239 e. The smallest absolute Gasteiger partial charge is 0.110 e. The molecule has 2 rings (SSSR count). The maximum absolute atomic E-state index is 11.2. The Morgan fingerprint density at radius 3 is 2.69 bits per heavy atom. The molecule has 0 unspecified atom stereocenters. The zero-order valence-electron chi connectivity index (χ0n) is 9.20. The highest BCUT2D eigenvalue weighted by molar-refractivity contribution is 6.30. The third-order valence-electron chi connectivity index (χ3n) is 2.54. The van der Waals surface area contributed by atoms with E-state index in [4.69, 9.17) is 11.6 Å². The van der Waals surface area contributed by atoms with Gasteiger partial charge in [0.1, 0.15) is 6.61 Å². The van der Waals surface area contributed by atoms with Gasteiger partial charge in [-0.1, -0.05) is 17.7 Å². The van der Waals surface area contributed by atoms with Gasteiger partial charge in [0.05, 0.1) is 16.9 Å². The quantitative estimate of drug-likeness (QED) is 0.788. The molecule has 1 radical (unpaired) electrons. The Balaban J connectivity index is 2.63. The van der Waals surface area contributed by atoms with Crippen molar-refractivity contribution in [3.8, 4) is 5.69 Å². The lowest BCUT2D eigenvalue weighted by Gasteiger charge is -2.11. The summed E-state index contributed by atoms with van der Waals surface area (Å²) in [4.78, 5) is 0. The third kappa shape index (κ3) is 1.96. The summed E-state index contributed by atoms with van der Waals surface area (Å²) >= 11 is 5.82. The highest BCUT2D eigenvalue weighted by atomic mass is 35.5. The largest absolute Gasteiger partial charge is 0.239 e. The zero-order valence-corrected chi connectivity index (χ0v) is 9.95. The van der Waals surface area contributed by atoms with E-state index >= 15 is 0 Å². The molecule has 2 aromatic rings. The van der Waals surface area contributed by atoms with Crippen molar-refractivity contribution in [2.75, 3.05) is 0 Å². The van der Waals surface area contributed by atoms with Crippen molar-refractivity contribution < 1.29 is 5.11 Å². The molecule has 0 atom stereocenters. The highest BCUT2D eigenvalue weighted by Gasteiger charge is 2.09. The second-order valence-electron chi connectivity index (χ2n) is 3.83. The van der Waals surface area contributed by atoms with E-state index < -0.39 is 0 Å². The van der Waals surface area contributed by atoms with E-state index in [1.165, 1.54) is 0 Å². The van der Waals surface area contributed by atoms with Gasteiger partial charge in [-0.05, 0) is 31.0 Å². The van der Waals surface area contributed by atoms with Crippen molar-refractivity contribution in [2.24, 2.45) is 0 Å². The van der Waals surface area contributed by atoms with Crippen molar-refractivity contribution in [3.63, 3.8) is 0 Å². The molecule has 0 aliphatic rings. The van der Waals surface area contributed by atoms with Gasteiger partial charge in [-0.25, -0.2) is 9.79 Å². The molecule has 4 heteroatoms. The predicted octanol–water partition coefficient (Wildman–Crippen LogP) is 3.07. The van der Waals surface area contributed by atoms with Crippen LogP contribution < -0.4 is 0 Å². The van der Waals surface area contributed by atoms with Gasteiger partial charge in [0, 0.05) is 11.8 Å². The summed E-state index contributed by atoms with van der Waals surface area (Å²) in [5, 5.41) is 15.9. The Kier molecular flexibility index (Phi) is 2.99. The second-order valence-corrected chi connectivity index (χ2v) is 4.26. The Morgan fingerprint density at radius 1 is 1.38 bits per heavy atom. The van der Waals surface area contributed by atoms with Gasteiger partial charge in [-0.15, -0.1) is 0 Å². The van der Waals surface area contributed by atoms with Crippen LogP contribution in [0.15, 0.2) is 24.5 Å².